The molecule has 0 aliphatic carbocycles. The Hall–Kier alpha value is -1.95. The minimum atomic E-state index is -1.20. The third kappa shape index (κ3) is 3.90. The van der Waals surface area contributed by atoms with Crippen LogP contribution in [-0.2, 0) is 17.8 Å². The zero-order valence-corrected chi connectivity index (χ0v) is 15.0. The summed E-state index contributed by atoms with van der Waals surface area (Å²) >= 11 is 5.82. The minimum Gasteiger partial charge on any atom is -0.481 e. The maximum Gasteiger partial charge on any atom is 0.312 e. The molecule has 0 aromatic heterocycles. The van der Waals surface area contributed by atoms with Crippen LogP contribution in [-0.4, -0.2) is 40.3 Å². The Balaban J connectivity index is 1.72. The fourth-order valence-corrected chi connectivity index (χ4v) is 3.77. The summed E-state index contributed by atoms with van der Waals surface area (Å²) in [6.45, 7) is 1.26. The summed E-state index contributed by atoms with van der Waals surface area (Å²) in [7, 11) is 0. The van der Waals surface area contributed by atoms with E-state index in [0.29, 0.717) is 25.9 Å². The van der Waals surface area contributed by atoms with Crippen molar-refractivity contribution < 1.29 is 19.4 Å². The molecule has 2 aromatic rings. The number of carbonyl (C=O) groups is 1. The summed E-state index contributed by atoms with van der Waals surface area (Å²) in [5, 5.41) is 20.6. The van der Waals surface area contributed by atoms with E-state index in [-0.39, 0.29) is 11.6 Å². The van der Waals surface area contributed by atoms with E-state index in [9.17, 15) is 19.4 Å². The lowest BCUT2D eigenvalue weighted by Crippen LogP contribution is -2.55. The molecule has 1 aliphatic heterocycles. The third-order valence-corrected chi connectivity index (χ3v) is 5.41. The van der Waals surface area contributed by atoms with Gasteiger partial charge in [0.1, 0.15) is 11.2 Å². The van der Waals surface area contributed by atoms with Crippen molar-refractivity contribution in [2.24, 2.45) is 5.41 Å². The number of hydrogen-bond donors (Lipinski definition) is 2. The van der Waals surface area contributed by atoms with Crippen LogP contribution in [0.5, 0.6) is 0 Å². The standard InChI is InChI=1S/C20H21ClFNO3/c21-16-10-15(6-7-17(16)22)12-23-9-8-20(19(25)26,18(24)13-23)11-14-4-2-1-3-5-14/h1-7,10,18,24H,8-9,11-13H2,(H,25,26)/t18-,20-/m1/s1. The van der Waals surface area contributed by atoms with E-state index in [1.165, 1.54) is 6.07 Å². The monoisotopic (exact) mass is 377 g/mol. The molecule has 26 heavy (non-hydrogen) atoms. The molecule has 0 radical (unpaired) electrons. The highest BCUT2D eigenvalue weighted by Crippen LogP contribution is 2.36. The lowest BCUT2D eigenvalue weighted by atomic mass is 9.71. The zero-order valence-electron chi connectivity index (χ0n) is 14.2. The summed E-state index contributed by atoms with van der Waals surface area (Å²) < 4.78 is 13.3. The predicted molar refractivity (Wildman–Crippen MR) is 97.5 cm³/mol. The molecule has 138 valence electrons. The molecule has 2 aromatic carbocycles. The normalized spacial score (nSPS) is 23.7. The molecule has 0 spiro atoms. The van der Waals surface area contributed by atoms with Crippen molar-refractivity contribution in [3.8, 4) is 0 Å². The Morgan fingerprint density at radius 3 is 2.58 bits per heavy atom. The van der Waals surface area contributed by atoms with E-state index >= 15 is 0 Å². The van der Waals surface area contributed by atoms with Crippen molar-refractivity contribution in [3.63, 3.8) is 0 Å². The average Bonchev–Trinajstić information content (AvgIpc) is 2.61. The molecule has 2 N–H and O–H groups in total. The van der Waals surface area contributed by atoms with Crippen LogP contribution >= 0.6 is 11.6 Å². The molecule has 6 heteroatoms. The van der Waals surface area contributed by atoms with Gasteiger partial charge >= 0.3 is 5.97 Å². The Morgan fingerprint density at radius 2 is 1.96 bits per heavy atom. The Labute approximate surface area is 156 Å². The van der Waals surface area contributed by atoms with Crippen molar-refractivity contribution in [2.45, 2.75) is 25.5 Å². The van der Waals surface area contributed by atoms with Gasteiger partial charge in [0.15, 0.2) is 0 Å². The lowest BCUT2D eigenvalue weighted by molar-refractivity contribution is -0.163. The van der Waals surface area contributed by atoms with Crippen molar-refractivity contribution in [2.75, 3.05) is 13.1 Å². The molecule has 1 saturated heterocycles. The Bertz CT molecular complexity index is 786. The van der Waals surface area contributed by atoms with E-state index in [1.807, 2.05) is 35.2 Å². The lowest BCUT2D eigenvalue weighted by Gasteiger charge is -2.43. The van der Waals surface area contributed by atoms with Crippen molar-refractivity contribution in [1.82, 2.24) is 4.90 Å². The number of benzene rings is 2. The zero-order chi connectivity index (χ0) is 18.7. The van der Waals surface area contributed by atoms with E-state index in [2.05, 4.69) is 0 Å². The topological polar surface area (TPSA) is 60.8 Å². The molecule has 0 saturated carbocycles. The first-order valence-corrected chi connectivity index (χ1v) is 8.90. The van der Waals surface area contributed by atoms with Gasteiger partial charge in [-0.2, -0.15) is 0 Å². The van der Waals surface area contributed by atoms with Crippen LogP contribution in [0.15, 0.2) is 48.5 Å². The Kier molecular flexibility index (Phi) is 5.61. The van der Waals surface area contributed by atoms with Crippen molar-refractivity contribution >= 4 is 17.6 Å². The molecule has 0 bridgehead atoms. The van der Waals surface area contributed by atoms with Gasteiger partial charge in [-0.1, -0.05) is 48.0 Å². The number of nitrogens with zero attached hydrogens (tertiary/aromatic N) is 1. The number of hydrogen-bond acceptors (Lipinski definition) is 3. The molecule has 4 nitrogen and oxygen atoms in total. The van der Waals surface area contributed by atoms with Gasteiger partial charge in [0.2, 0.25) is 0 Å². The van der Waals surface area contributed by atoms with E-state index < -0.39 is 23.3 Å². The van der Waals surface area contributed by atoms with Crippen LogP contribution in [0.25, 0.3) is 0 Å². The third-order valence-electron chi connectivity index (χ3n) is 5.12. The van der Waals surface area contributed by atoms with Gasteiger partial charge in [-0.3, -0.25) is 9.69 Å². The van der Waals surface area contributed by atoms with E-state index in [1.54, 1.807) is 12.1 Å². The number of carboxylic acids is 1. The largest absolute Gasteiger partial charge is 0.481 e. The highest BCUT2D eigenvalue weighted by molar-refractivity contribution is 6.30. The molecule has 0 unspecified atom stereocenters. The fourth-order valence-electron chi connectivity index (χ4n) is 3.57. The van der Waals surface area contributed by atoms with Gasteiger partial charge < -0.3 is 10.2 Å². The fraction of sp³-hybridized carbons (Fsp3) is 0.350. The first-order valence-electron chi connectivity index (χ1n) is 8.52. The molecule has 1 aliphatic rings. The van der Waals surface area contributed by atoms with Gasteiger partial charge in [0, 0.05) is 13.1 Å². The SMILES string of the molecule is O=C(O)[C@@]1(Cc2ccccc2)CCN(Cc2ccc(F)c(Cl)c2)C[C@H]1O. The number of aliphatic hydroxyl groups is 1. The first kappa shape index (κ1) is 18.8. The maximum absolute atomic E-state index is 13.3. The number of piperidine rings is 1. The highest BCUT2D eigenvalue weighted by atomic mass is 35.5. The van der Waals surface area contributed by atoms with E-state index in [0.717, 1.165) is 11.1 Å². The number of aliphatic carboxylic acids is 1. The molecule has 2 atom stereocenters. The molecule has 0 amide bonds. The number of β-amino-alcohol motifs (C(OH)–C–C–N with tert-alkyl or cyclic N) is 1. The van der Waals surface area contributed by atoms with Crippen LogP contribution in [0.4, 0.5) is 4.39 Å². The second-order valence-corrected chi connectivity index (χ2v) is 7.28. The van der Waals surface area contributed by atoms with Gasteiger partial charge in [-0.05, 0) is 42.6 Å². The van der Waals surface area contributed by atoms with Crippen LogP contribution in [0.3, 0.4) is 0 Å². The molecule has 3 rings (SSSR count). The molecular weight excluding hydrogens is 357 g/mol. The maximum atomic E-state index is 13.3. The number of carboxylic acid groups (broad SMARTS) is 1. The molecule has 1 fully saturated rings. The summed E-state index contributed by atoms with van der Waals surface area (Å²) in [6, 6.07) is 13.9. The van der Waals surface area contributed by atoms with E-state index in [4.69, 9.17) is 11.6 Å². The highest BCUT2D eigenvalue weighted by Gasteiger charge is 2.48. The summed E-state index contributed by atoms with van der Waals surface area (Å²) in [4.78, 5) is 14.0. The average molecular weight is 378 g/mol. The van der Waals surface area contributed by atoms with Crippen LogP contribution in [0.2, 0.25) is 5.02 Å². The van der Waals surface area contributed by atoms with Crippen molar-refractivity contribution in [3.05, 3.63) is 70.5 Å². The van der Waals surface area contributed by atoms with Gasteiger partial charge in [-0.25, -0.2) is 4.39 Å². The van der Waals surface area contributed by atoms with Crippen LogP contribution < -0.4 is 0 Å². The Morgan fingerprint density at radius 1 is 1.23 bits per heavy atom. The second-order valence-electron chi connectivity index (χ2n) is 6.87. The van der Waals surface area contributed by atoms with Crippen LogP contribution in [0, 0.1) is 11.2 Å². The summed E-state index contributed by atoms with van der Waals surface area (Å²) in [6.07, 6.45) is -0.363. The number of likely N-dealkylation sites (tertiary alicyclic amines) is 1. The van der Waals surface area contributed by atoms with Gasteiger partial charge in [-0.15, -0.1) is 0 Å². The van der Waals surface area contributed by atoms with Gasteiger partial charge in [0.05, 0.1) is 11.1 Å². The molecule has 1 heterocycles. The van der Waals surface area contributed by atoms with Gasteiger partial charge in [0.25, 0.3) is 0 Å². The summed E-state index contributed by atoms with van der Waals surface area (Å²) in [5.74, 6) is -1.44. The number of rotatable bonds is 5. The van der Waals surface area contributed by atoms with Crippen LogP contribution in [0.1, 0.15) is 17.5 Å². The summed E-state index contributed by atoms with van der Waals surface area (Å²) in [5.41, 5.74) is 0.528. The first-order chi connectivity index (χ1) is 12.4. The number of halogens is 2. The smallest absolute Gasteiger partial charge is 0.312 e. The predicted octanol–water partition coefficient (Wildman–Crippen LogP) is 3.36. The number of aliphatic hydroxyl groups excluding tert-OH is 1. The van der Waals surface area contributed by atoms with Crippen molar-refractivity contribution in [1.29, 1.82) is 0 Å². The molecular formula is C20H21ClFNO3. The minimum absolute atomic E-state index is 0.0593. The quantitative estimate of drug-likeness (QED) is 0.838. The second kappa shape index (κ2) is 7.74.